The zero-order chi connectivity index (χ0) is 20.9. The average molecular weight is 405 g/mol. The van der Waals surface area contributed by atoms with Gasteiger partial charge < -0.3 is 5.32 Å². The van der Waals surface area contributed by atoms with Crippen LogP contribution in [0.1, 0.15) is 41.5 Å². The molecule has 1 N–H and O–H groups in total. The van der Waals surface area contributed by atoms with Gasteiger partial charge in [0, 0.05) is 12.2 Å². The van der Waals surface area contributed by atoms with E-state index in [1.807, 2.05) is 0 Å². The summed E-state index contributed by atoms with van der Waals surface area (Å²) < 4.78 is 53.5. The molecular formula is C24H27F4N. The van der Waals surface area contributed by atoms with Gasteiger partial charge in [-0.1, -0.05) is 36.9 Å². The summed E-state index contributed by atoms with van der Waals surface area (Å²) in [5.41, 5.74) is 4.59. The van der Waals surface area contributed by atoms with Gasteiger partial charge in [0.2, 0.25) is 0 Å². The second kappa shape index (κ2) is 9.47. The summed E-state index contributed by atoms with van der Waals surface area (Å²) in [6.45, 7) is 4.08. The molecule has 0 aliphatic heterocycles. The molecule has 0 saturated heterocycles. The van der Waals surface area contributed by atoms with E-state index in [1.165, 1.54) is 48.2 Å². The lowest BCUT2D eigenvalue weighted by molar-refractivity contribution is -0.166. The Morgan fingerprint density at radius 2 is 1.59 bits per heavy atom. The van der Waals surface area contributed by atoms with Gasteiger partial charge in [0.05, 0.1) is 5.92 Å². The molecule has 2 aromatic rings. The Morgan fingerprint density at radius 1 is 0.931 bits per heavy atom. The van der Waals surface area contributed by atoms with Crippen molar-refractivity contribution in [1.29, 1.82) is 0 Å². The van der Waals surface area contributed by atoms with Gasteiger partial charge in [-0.15, -0.1) is 0 Å². The maximum absolute atomic E-state index is 13.5. The van der Waals surface area contributed by atoms with Gasteiger partial charge in [-0.2, -0.15) is 13.2 Å². The third-order valence-corrected chi connectivity index (χ3v) is 5.63. The third kappa shape index (κ3) is 6.09. The molecule has 0 saturated carbocycles. The molecule has 5 heteroatoms. The molecule has 1 atom stereocenters. The Labute approximate surface area is 169 Å². The van der Waals surface area contributed by atoms with Gasteiger partial charge in [-0.3, -0.25) is 0 Å². The van der Waals surface area contributed by atoms with Crippen LogP contribution in [-0.2, 0) is 25.7 Å². The second-order valence-electron chi connectivity index (χ2n) is 7.77. The number of allylic oxidation sites excluding steroid dienone is 1. The first kappa shape index (κ1) is 21.4. The molecule has 1 unspecified atom stereocenters. The van der Waals surface area contributed by atoms with Crippen LogP contribution < -0.4 is 5.32 Å². The lowest BCUT2D eigenvalue weighted by atomic mass is 9.90. The van der Waals surface area contributed by atoms with E-state index in [1.54, 1.807) is 0 Å². The first-order valence-corrected chi connectivity index (χ1v) is 10.2. The Kier molecular flexibility index (Phi) is 6.99. The fourth-order valence-corrected chi connectivity index (χ4v) is 3.93. The smallest absolute Gasteiger partial charge is 0.388 e. The maximum Gasteiger partial charge on any atom is 0.397 e. The minimum atomic E-state index is -4.37. The van der Waals surface area contributed by atoms with Gasteiger partial charge in [-0.25, -0.2) is 4.39 Å². The van der Waals surface area contributed by atoms with E-state index in [4.69, 9.17) is 0 Å². The van der Waals surface area contributed by atoms with Crippen LogP contribution in [0.3, 0.4) is 0 Å². The number of nitrogens with one attached hydrogen (secondary N) is 1. The van der Waals surface area contributed by atoms with Crippen molar-refractivity contribution < 1.29 is 17.6 Å². The van der Waals surface area contributed by atoms with E-state index >= 15 is 0 Å². The van der Waals surface area contributed by atoms with Crippen LogP contribution in [0, 0.1) is 11.7 Å². The molecule has 0 fully saturated rings. The minimum Gasteiger partial charge on any atom is -0.388 e. The Hall–Kier alpha value is -2.30. The summed E-state index contributed by atoms with van der Waals surface area (Å²) in [5.74, 6) is -2.02. The molecule has 3 rings (SSSR count). The van der Waals surface area contributed by atoms with Crippen LogP contribution in [0.15, 0.2) is 54.7 Å². The number of aryl methyl sites for hydroxylation is 3. The number of fused-ring (bicyclic) bond motifs is 1. The van der Waals surface area contributed by atoms with Gasteiger partial charge in [0.15, 0.2) is 0 Å². The normalized spacial score (nSPS) is 14.9. The number of halogens is 4. The molecule has 0 aromatic heterocycles. The van der Waals surface area contributed by atoms with Crippen molar-refractivity contribution >= 4 is 0 Å². The number of hydrogen-bond donors (Lipinski definition) is 1. The average Bonchev–Trinajstić information content (AvgIpc) is 2.68. The largest absolute Gasteiger partial charge is 0.397 e. The zero-order valence-corrected chi connectivity index (χ0v) is 16.5. The van der Waals surface area contributed by atoms with Crippen LogP contribution in [0.2, 0.25) is 0 Å². The van der Waals surface area contributed by atoms with E-state index in [0.717, 1.165) is 18.4 Å². The summed E-state index contributed by atoms with van der Waals surface area (Å²) >= 11 is 0. The molecule has 0 spiro atoms. The van der Waals surface area contributed by atoms with Crippen LogP contribution in [0.25, 0.3) is 0 Å². The van der Waals surface area contributed by atoms with Gasteiger partial charge in [0.1, 0.15) is 5.82 Å². The van der Waals surface area contributed by atoms with Crippen LogP contribution in [0.4, 0.5) is 17.6 Å². The van der Waals surface area contributed by atoms with Gasteiger partial charge in [0.25, 0.3) is 0 Å². The Morgan fingerprint density at radius 3 is 2.28 bits per heavy atom. The number of rotatable bonds is 8. The molecule has 156 valence electrons. The summed E-state index contributed by atoms with van der Waals surface area (Å²) in [4.78, 5) is 0. The highest BCUT2D eigenvalue weighted by Gasteiger charge is 2.40. The fourth-order valence-electron chi connectivity index (χ4n) is 3.93. The molecule has 1 aliphatic carbocycles. The SMILES string of the molecule is C=C(NCCc1ccc2c(c1)CCCC2)C(CCc1ccc(F)cc1)C(F)(F)F. The van der Waals surface area contributed by atoms with E-state index < -0.39 is 17.9 Å². The topological polar surface area (TPSA) is 12.0 Å². The molecule has 0 bridgehead atoms. The molecule has 1 nitrogen and oxygen atoms in total. The standard InChI is InChI=1S/C24H27F4N/c1-17(23(24(26,27)28)13-9-18-7-11-22(25)12-8-18)29-15-14-19-6-10-20-4-2-3-5-21(20)16-19/h6-8,10-12,16,23,29H,1-5,9,13-15H2. The van der Waals surface area contributed by atoms with Crippen molar-refractivity contribution in [3.05, 3.63) is 82.8 Å². The molecule has 0 amide bonds. The first-order chi connectivity index (χ1) is 13.8. The first-order valence-electron chi connectivity index (χ1n) is 10.2. The highest BCUT2D eigenvalue weighted by molar-refractivity contribution is 5.34. The quantitative estimate of drug-likeness (QED) is 0.519. The van der Waals surface area contributed by atoms with Crippen molar-refractivity contribution in [3.8, 4) is 0 Å². The maximum atomic E-state index is 13.5. The summed E-state index contributed by atoms with van der Waals surface area (Å²) in [5, 5.41) is 2.89. The minimum absolute atomic E-state index is 0.00225. The predicted molar refractivity (Wildman–Crippen MR) is 108 cm³/mol. The number of benzene rings is 2. The molecule has 29 heavy (non-hydrogen) atoms. The summed E-state index contributed by atoms with van der Waals surface area (Å²) in [6.07, 6.45) is 1.03. The van der Waals surface area contributed by atoms with Gasteiger partial charge >= 0.3 is 6.18 Å². The highest BCUT2D eigenvalue weighted by atomic mass is 19.4. The van der Waals surface area contributed by atoms with Crippen molar-refractivity contribution in [2.45, 2.75) is 51.1 Å². The van der Waals surface area contributed by atoms with E-state index in [9.17, 15) is 17.6 Å². The molecular weight excluding hydrogens is 378 g/mol. The molecule has 0 radical (unpaired) electrons. The summed E-state index contributed by atoms with van der Waals surface area (Å²) in [6, 6.07) is 12.0. The number of hydrogen-bond acceptors (Lipinski definition) is 1. The lowest BCUT2D eigenvalue weighted by Gasteiger charge is -2.24. The summed E-state index contributed by atoms with van der Waals surface area (Å²) in [7, 11) is 0. The number of alkyl halides is 3. The van der Waals surface area contributed by atoms with E-state index in [0.29, 0.717) is 18.5 Å². The molecule has 1 aliphatic rings. The van der Waals surface area contributed by atoms with Gasteiger partial charge in [-0.05, 0) is 79.3 Å². The lowest BCUT2D eigenvalue weighted by Crippen LogP contribution is -2.32. The Balaban J connectivity index is 1.53. The predicted octanol–water partition coefficient (Wildman–Crippen LogP) is 6.16. The van der Waals surface area contributed by atoms with Crippen molar-refractivity contribution in [1.82, 2.24) is 5.32 Å². The molecule has 2 aromatic carbocycles. The fraction of sp³-hybridized carbons (Fsp3) is 0.417. The second-order valence-corrected chi connectivity index (χ2v) is 7.77. The van der Waals surface area contributed by atoms with Crippen LogP contribution >= 0.6 is 0 Å². The highest BCUT2D eigenvalue weighted by Crippen LogP contribution is 2.34. The van der Waals surface area contributed by atoms with E-state index in [2.05, 4.69) is 30.1 Å². The molecule has 0 heterocycles. The van der Waals surface area contributed by atoms with Crippen molar-refractivity contribution in [3.63, 3.8) is 0 Å². The third-order valence-electron chi connectivity index (χ3n) is 5.63. The van der Waals surface area contributed by atoms with Crippen molar-refractivity contribution in [2.75, 3.05) is 6.54 Å². The monoisotopic (exact) mass is 405 g/mol. The van der Waals surface area contributed by atoms with Crippen LogP contribution in [-0.4, -0.2) is 12.7 Å². The zero-order valence-electron chi connectivity index (χ0n) is 16.5. The van der Waals surface area contributed by atoms with Crippen LogP contribution in [0.5, 0.6) is 0 Å². The van der Waals surface area contributed by atoms with Crippen molar-refractivity contribution in [2.24, 2.45) is 5.92 Å². The van der Waals surface area contributed by atoms with E-state index in [-0.39, 0.29) is 18.5 Å². The Bertz CT molecular complexity index is 824.